The number of Topliss-reactive ketones (excluding diaryl/α,β-unsaturated/α-hetero) is 1. The van der Waals surface area contributed by atoms with Crippen LogP contribution in [0.15, 0.2) is 18.2 Å². The highest BCUT2D eigenvalue weighted by Gasteiger charge is 2.15. The lowest BCUT2D eigenvalue weighted by atomic mass is 10.1. The molecule has 3 nitrogen and oxygen atoms in total. The highest BCUT2D eigenvalue weighted by Crippen LogP contribution is 2.25. The van der Waals surface area contributed by atoms with Crippen molar-refractivity contribution >= 4 is 29.0 Å². The van der Waals surface area contributed by atoms with Crippen molar-refractivity contribution in [1.82, 2.24) is 5.32 Å². The summed E-state index contributed by atoms with van der Waals surface area (Å²) in [6, 6.07) is 5.28. The van der Waals surface area contributed by atoms with Gasteiger partial charge < -0.3 is 10.1 Å². The average molecular weight is 316 g/mol. The first-order chi connectivity index (χ1) is 9.66. The van der Waals surface area contributed by atoms with Crippen molar-refractivity contribution in [2.24, 2.45) is 0 Å². The number of hydrogen-bond donors (Lipinski definition) is 1. The summed E-state index contributed by atoms with van der Waals surface area (Å²) in [5, 5.41) is 4.38. The molecule has 1 aromatic carbocycles. The molecule has 0 saturated carbocycles. The third-order valence-electron chi connectivity index (χ3n) is 3.46. The van der Waals surface area contributed by atoms with E-state index in [4.69, 9.17) is 27.9 Å². The molecule has 0 bridgehead atoms. The molecule has 1 aliphatic rings. The molecule has 0 aromatic heterocycles. The highest BCUT2D eigenvalue weighted by atomic mass is 35.5. The number of carbonyl (C=O) groups is 1. The second kappa shape index (κ2) is 7.99. The Kier molecular flexibility index (Phi) is 6.30. The van der Waals surface area contributed by atoms with Crippen LogP contribution >= 0.6 is 23.2 Å². The van der Waals surface area contributed by atoms with Gasteiger partial charge in [0, 0.05) is 22.9 Å². The van der Waals surface area contributed by atoms with E-state index in [9.17, 15) is 4.79 Å². The Labute approximate surface area is 129 Å². The summed E-state index contributed by atoms with van der Waals surface area (Å²) in [4.78, 5) is 11.9. The van der Waals surface area contributed by atoms with Crippen LogP contribution in [0.1, 0.15) is 24.8 Å². The number of ether oxygens (including phenoxy) is 1. The largest absolute Gasteiger partial charge is 0.378 e. The normalized spacial score (nSPS) is 16.3. The topological polar surface area (TPSA) is 38.3 Å². The average Bonchev–Trinajstić information content (AvgIpc) is 2.44. The fourth-order valence-corrected chi connectivity index (χ4v) is 2.82. The lowest BCUT2D eigenvalue weighted by molar-refractivity contribution is -0.120. The van der Waals surface area contributed by atoms with Crippen LogP contribution in [-0.4, -0.2) is 31.6 Å². The maximum absolute atomic E-state index is 11.9. The Morgan fingerprint density at radius 1 is 1.25 bits per heavy atom. The van der Waals surface area contributed by atoms with Crippen LogP contribution in [0.3, 0.4) is 0 Å². The number of benzene rings is 1. The lowest BCUT2D eigenvalue weighted by Gasteiger charge is -2.22. The van der Waals surface area contributed by atoms with Crippen LogP contribution in [0, 0.1) is 0 Å². The zero-order valence-electron chi connectivity index (χ0n) is 11.3. The van der Waals surface area contributed by atoms with E-state index in [1.165, 1.54) is 0 Å². The smallest absolute Gasteiger partial charge is 0.139 e. The molecule has 0 unspecified atom stereocenters. The van der Waals surface area contributed by atoms with Gasteiger partial charge in [0.15, 0.2) is 0 Å². The van der Waals surface area contributed by atoms with E-state index in [0.717, 1.165) is 25.9 Å². The number of ketones is 1. The predicted molar refractivity (Wildman–Crippen MR) is 81.6 cm³/mol. The third-order valence-corrected chi connectivity index (χ3v) is 4.16. The van der Waals surface area contributed by atoms with Gasteiger partial charge >= 0.3 is 0 Å². The number of carbonyl (C=O) groups excluding carboxylic acids is 1. The molecule has 20 heavy (non-hydrogen) atoms. The van der Waals surface area contributed by atoms with Gasteiger partial charge in [-0.25, -0.2) is 0 Å². The van der Waals surface area contributed by atoms with Gasteiger partial charge in [-0.15, -0.1) is 0 Å². The van der Waals surface area contributed by atoms with Gasteiger partial charge in [-0.05, 0) is 43.6 Å². The number of nitrogens with one attached hydrogen (secondary N) is 1. The second-order valence-corrected chi connectivity index (χ2v) is 5.80. The fourth-order valence-electron chi connectivity index (χ4n) is 2.29. The number of hydrogen-bond acceptors (Lipinski definition) is 3. The predicted octanol–water partition coefficient (Wildman–Crippen LogP) is 3.26. The molecule has 0 spiro atoms. The first-order valence-corrected chi connectivity index (χ1v) is 7.69. The quantitative estimate of drug-likeness (QED) is 0.875. The first-order valence-electron chi connectivity index (χ1n) is 6.93. The van der Waals surface area contributed by atoms with E-state index >= 15 is 0 Å². The van der Waals surface area contributed by atoms with Gasteiger partial charge in [0.2, 0.25) is 0 Å². The van der Waals surface area contributed by atoms with E-state index in [-0.39, 0.29) is 18.3 Å². The molecule has 1 aliphatic heterocycles. The molecule has 2 rings (SSSR count). The van der Waals surface area contributed by atoms with E-state index < -0.39 is 0 Å². The number of rotatable bonds is 6. The standard InChI is InChI=1S/C15H19Cl2NO2/c16-14-2-1-3-15(17)13(14)10-11(19)6-9-20-12-4-7-18-8-5-12/h1-3,12,18H,4-10H2. The Morgan fingerprint density at radius 3 is 2.55 bits per heavy atom. The molecule has 0 amide bonds. The van der Waals surface area contributed by atoms with Crippen LogP contribution in [0.25, 0.3) is 0 Å². The van der Waals surface area contributed by atoms with Crippen molar-refractivity contribution in [3.8, 4) is 0 Å². The maximum atomic E-state index is 11.9. The molecule has 1 fully saturated rings. The van der Waals surface area contributed by atoms with Gasteiger partial charge in [-0.3, -0.25) is 4.79 Å². The minimum Gasteiger partial charge on any atom is -0.378 e. The minimum absolute atomic E-state index is 0.105. The van der Waals surface area contributed by atoms with Crippen molar-refractivity contribution in [3.63, 3.8) is 0 Å². The van der Waals surface area contributed by atoms with Gasteiger partial charge in [-0.1, -0.05) is 29.3 Å². The van der Waals surface area contributed by atoms with Crippen LogP contribution in [0.2, 0.25) is 10.0 Å². The van der Waals surface area contributed by atoms with E-state index in [1.54, 1.807) is 18.2 Å². The molecule has 1 aromatic rings. The molecule has 1 N–H and O–H groups in total. The van der Waals surface area contributed by atoms with Gasteiger partial charge in [-0.2, -0.15) is 0 Å². The van der Waals surface area contributed by atoms with Gasteiger partial charge in [0.25, 0.3) is 0 Å². The summed E-state index contributed by atoms with van der Waals surface area (Å²) in [5.41, 5.74) is 0.711. The molecule has 0 atom stereocenters. The zero-order chi connectivity index (χ0) is 14.4. The molecule has 5 heteroatoms. The molecule has 110 valence electrons. The van der Waals surface area contributed by atoms with Crippen LogP contribution in [-0.2, 0) is 16.0 Å². The minimum atomic E-state index is 0.105. The summed E-state index contributed by atoms with van der Waals surface area (Å²) in [6.45, 7) is 2.47. The lowest BCUT2D eigenvalue weighted by Crippen LogP contribution is -2.32. The molecule has 1 saturated heterocycles. The van der Waals surface area contributed by atoms with Crippen molar-refractivity contribution < 1.29 is 9.53 Å². The monoisotopic (exact) mass is 315 g/mol. The van der Waals surface area contributed by atoms with Gasteiger partial charge in [0.05, 0.1) is 12.7 Å². The zero-order valence-corrected chi connectivity index (χ0v) is 12.8. The van der Waals surface area contributed by atoms with Crippen molar-refractivity contribution in [2.45, 2.75) is 31.8 Å². The first kappa shape index (κ1) is 15.8. The molecule has 1 heterocycles. The van der Waals surface area contributed by atoms with E-state index in [2.05, 4.69) is 5.32 Å². The highest BCUT2D eigenvalue weighted by molar-refractivity contribution is 6.36. The second-order valence-electron chi connectivity index (χ2n) is 4.99. The SMILES string of the molecule is O=C(CCOC1CCNCC1)Cc1c(Cl)cccc1Cl. The molecular weight excluding hydrogens is 297 g/mol. The van der Waals surface area contributed by atoms with E-state index in [0.29, 0.717) is 28.6 Å². The van der Waals surface area contributed by atoms with Crippen molar-refractivity contribution in [2.75, 3.05) is 19.7 Å². The van der Waals surface area contributed by atoms with Gasteiger partial charge in [0.1, 0.15) is 5.78 Å². The molecule has 0 radical (unpaired) electrons. The Bertz CT molecular complexity index is 439. The van der Waals surface area contributed by atoms with E-state index in [1.807, 2.05) is 0 Å². The summed E-state index contributed by atoms with van der Waals surface area (Å²) in [7, 11) is 0. The number of halogens is 2. The summed E-state index contributed by atoms with van der Waals surface area (Å²) >= 11 is 12.1. The number of piperidine rings is 1. The summed E-state index contributed by atoms with van der Waals surface area (Å²) < 4.78 is 5.72. The fraction of sp³-hybridized carbons (Fsp3) is 0.533. The van der Waals surface area contributed by atoms with Crippen molar-refractivity contribution in [3.05, 3.63) is 33.8 Å². The summed E-state index contributed by atoms with van der Waals surface area (Å²) in [5.74, 6) is 0.105. The maximum Gasteiger partial charge on any atom is 0.139 e. The molecular formula is C15H19Cl2NO2. The van der Waals surface area contributed by atoms with Crippen LogP contribution < -0.4 is 5.32 Å². The third kappa shape index (κ3) is 4.74. The van der Waals surface area contributed by atoms with Crippen molar-refractivity contribution in [1.29, 1.82) is 0 Å². The summed E-state index contributed by atoms with van der Waals surface area (Å²) in [6.07, 6.45) is 3.00. The van der Waals surface area contributed by atoms with Crippen LogP contribution in [0.5, 0.6) is 0 Å². The van der Waals surface area contributed by atoms with Crippen LogP contribution in [0.4, 0.5) is 0 Å². The Morgan fingerprint density at radius 2 is 1.90 bits per heavy atom. The Balaban J connectivity index is 1.75. The molecule has 0 aliphatic carbocycles. The Hall–Kier alpha value is -0.610.